The third-order valence-electron chi connectivity index (χ3n) is 3.89. The van der Waals surface area contributed by atoms with Crippen molar-refractivity contribution in [3.8, 4) is 11.5 Å². The third-order valence-corrected chi connectivity index (χ3v) is 3.89. The number of aryl methyl sites for hydroxylation is 3. The molecule has 0 aliphatic heterocycles. The molecule has 134 valence electrons. The molecular weight excluding hydrogens is 314 g/mol. The van der Waals surface area contributed by atoms with Gasteiger partial charge in [0.2, 0.25) is 0 Å². The van der Waals surface area contributed by atoms with Gasteiger partial charge < -0.3 is 14.8 Å². The number of benzene rings is 2. The maximum Gasteiger partial charge on any atom is 0.260 e. The molecule has 0 heterocycles. The summed E-state index contributed by atoms with van der Waals surface area (Å²) in [5.41, 5.74) is 3.42. The first-order valence-electron chi connectivity index (χ1n) is 8.73. The Morgan fingerprint density at radius 2 is 1.80 bits per heavy atom. The first-order chi connectivity index (χ1) is 12.0. The minimum Gasteiger partial charge on any atom is -0.492 e. The van der Waals surface area contributed by atoms with Gasteiger partial charge in [0.25, 0.3) is 5.91 Å². The van der Waals surface area contributed by atoms with Crippen LogP contribution in [0.4, 0.5) is 0 Å². The number of hydrogen-bond donors (Lipinski definition) is 1. The quantitative estimate of drug-likeness (QED) is 0.742. The van der Waals surface area contributed by atoms with Crippen LogP contribution in [0.2, 0.25) is 0 Å². The van der Waals surface area contributed by atoms with Gasteiger partial charge in [-0.2, -0.15) is 0 Å². The fourth-order valence-corrected chi connectivity index (χ4v) is 2.66. The van der Waals surface area contributed by atoms with Crippen molar-refractivity contribution < 1.29 is 14.3 Å². The molecule has 2 aromatic carbocycles. The molecule has 0 aliphatic rings. The van der Waals surface area contributed by atoms with Crippen LogP contribution in [-0.4, -0.2) is 25.2 Å². The van der Waals surface area contributed by atoms with E-state index in [4.69, 9.17) is 9.47 Å². The summed E-state index contributed by atoms with van der Waals surface area (Å²) in [6.07, 6.45) is 0.322. The number of hydrogen-bond acceptors (Lipinski definition) is 3. The van der Waals surface area contributed by atoms with Crippen molar-refractivity contribution in [2.75, 3.05) is 13.2 Å². The molecule has 0 radical (unpaired) electrons. The van der Waals surface area contributed by atoms with Crippen LogP contribution in [0.25, 0.3) is 0 Å². The molecule has 0 spiro atoms. The van der Waals surface area contributed by atoms with Crippen LogP contribution in [-0.2, 0) is 11.2 Å². The average molecular weight is 341 g/mol. The number of para-hydroxylation sites is 1. The maximum atomic E-state index is 12.2. The molecule has 1 amide bonds. The van der Waals surface area contributed by atoms with Gasteiger partial charge in [-0.1, -0.05) is 31.2 Å². The van der Waals surface area contributed by atoms with E-state index >= 15 is 0 Å². The number of carbonyl (C=O) groups is 1. The second kappa shape index (κ2) is 9.11. The van der Waals surface area contributed by atoms with Crippen LogP contribution in [0.5, 0.6) is 11.5 Å². The lowest BCUT2D eigenvalue weighted by Gasteiger charge is -2.17. The lowest BCUT2D eigenvalue weighted by Crippen LogP contribution is -2.38. The fraction of sp³-hybridized carbons (Fsp3) is 0.381. The Labute approximate surface area is 150 Å². The SMILES string of the molecule is CCc1ccccc1O[C@H](C)C(=O)NCCOc1cc(C)cc(C)c1. The van der Waals surface area contributed by atoms with Crippen molar-refractivity contribution in [2.45, 2.75) is 40.2 Å². The Hall–Kier alpha value is -2.49. The van der Waals surface area contributed by atoms with E-state index < -0.39 is 6.10 Å². The highest BCUT2D eigenvalue weighted by Crippen LogP contribution is 2.19. The second-order valence-electron chi connectivity index (χ2n) is 6.18. The number of nitrogens with one attached hydrogen (secondary N) is 1. The summed E-state index contributed by atoms with van der Waals surface area (Å²) >= 11 is 0. The van der Waals surface area contributed by atoms with E-state index in [0.717, 1.165) is 34.6 Å². The summed E-state index contributed by atoms with van der Waals surface area (Å²) < 4.78 is 11.5. The van der Waals surface area contributed by atoms with Gasteiger partial charge in [0.05, 0.1) is 6.54 Å². The molecule has 0 saturated heterocycles. The molecule has 0 fully saturated rings. The summed E-state index contributed by atoms with van der Waals surface area (Å²) in [6.45, 7) is 8.76. The largest absolute Gasteiger partial charge is 0.492 e. The average Bonchev–Trinajstić information content (AvgIpc) is 2.58. The fourth-order valence-electron chi connectivity index (χ4n) is 2.66. The van der Waals surface area contributed by atoms with Gasteiger partial charge in [-0.25, -0.2) is 0 Å². The second-order valence-corrected chi connectivity index (χ2v) is 6.18. The van der Waals surface area contributed by atoms with Gasteiger partial charge in [0.15, 0.2) is 6.10 Å². The summed E-state index contributed by atoms with van der Waals surface area (Å²) in [5, 5.41) is 2.85. The van der Waals surface area contributed by atoms with Gasteiger partial charge in [-0.3, -0.25) is 4.79 Å². The number of amides is 1. The highest BCUT2D eigenvalue weighted by atomic mass is 16.5. The van der Waals surface area contributed by atoms with Gasteiger partial charge in [0.1, 0.15) is 18.1 Å². The number of carbonyl (C=O) groups excluding carboxylic acids is 1. The number of rotatable bonds is 8. The lowest BCUT2D eigenvalue weighted by atomic mass is 10.1. The third kappa shape index (κ3) is 5.82. The zero-order valence-electron chi connectivity index (χ0n) is 15.5. The minimum atomic E-state index is -0.547. The van der Waals surface area contributed by atoms with Crippen LogP contribution in [0.3, 0.4) is 0 Å². The normalized spacial score (nSPS) is 11.7. The van der Waals surface area contributed by atoms with E-state index in [2.05, 4.69) is 18.3 Å². The summed E-state index contributed by atoms with van der Waals surface area (Å²) in [7, 11) is 0. The van der Waals surface area contributed by atoms with E-state index in [-0.39, 0.29) is 5.91 Å². The van der Waals surface area contributed by atoms with E-state index in [0.29, 0.717) is 13.2 Å². The molecule has 1 N–H and O–H groups in total. The van der Waals surface area contributed by atoms with Gasteiger partial charge in [-0.05, 0) is 62.1 Å². The predicted molar refractivity (Wildman–Crippen MR) is 100 cm³/mol. The van der Waals surface area contributed by atoms with E-state index in [1.165, 1.54) is 0 Å². The summed E-state index contributed by atoms with van der Waals surface area (Å²) in [6, 6.07) is 13.9. The monoisotopic (exact) mass is 341 g/mol. The van der Waals surface area contributed by atoms with Crippen LogP contribution < -0.4 is 14.8 Å². The van der Waals surface area contributed by atoms with Crippen LogP contribution >= 0.6 is 0 Å². The van der Waals surface area contributed by atoms with Gasteiger partial charge >= 0.3 is 0 Å². The van der Waals surface area contributed by atoms with Crippen LogP contribution in [0.15, 0.2) is 42.5 Å². The minimum absolute atomic E-state index is 0.144. The first kappa shape index (κ1) is 18.8. The van der Waals surface area contributed by atoms with Crippen molar-refractivity contribution >= 4 is 5.91 Å². The summed E-state index contributed by atoms with van der Waals surface area (Å²) in [5.74, 6) is 1.45. The van der Waals surface area contributed by atoms with Gasteiger partial charge in [-0.15, -0.1) is 0 Å². The van der Waals surface area contributed by atoms with Crippen molar-refractivity contribution in [1.82, 2.24) is 5.32 Å². The molecule has 1 atom stereocenters. The van der Waals surface area contributed by atoms with E-state index in [9.17, 15) is 4.79 Å². The maximum absolute atomic E-state index is 12.2. The standard InChI is InChI=1S/C21H27NO3/c1-5-18-8-6-7-9-20(18)25-17(4)21(23)22-10-11-24-19-13-15(2)12-16(3)14-19/h6-9,12-14,17H,5,10-11H2,1-4H3,(H,22,23)/t17-/m1/s1. The Morgan fingerprint density at radius 1 is 1.12 bits per heavy atom. The van der Waals surface area contributed by atoms with E-state index in [1.54, 1.807) is 6.92 Å². The molecule has 0 saturated carbocycles. The van der Waals surface area contributed by atoms with Crippen molar-refractivity contribution in [3.05, 3.63) is 59.2 Å². The van der Waals surface area contributed by atoms with Crippen molar-refractivity contribution in [3.63, 3.8) is 0 Å². The predicted octanol–water partition coefficient (Wildman–Crippen LogP) is 3.83. The Kier molecular flexibility index (Phi) is 6.87. The Balaban J connectivity index is 1.77. The van der Waals surface area contributed by atoms with E-state index in [1.807, 2.05) is 50.2 Å². The zero-order chi connectivity index (χ0) is 18.2. The highest BCUT2D eigenvalue weighted by molar-refractivity contribution is 5.80. The van der Waals surface area contributed by atoms with Gasteiger partial charge in [0, 0.05) is 0 Å². The highest BCUT2D eigenvalue weighted by Gasteiger charge is 2.15. The van der Waals surface area contributed by atoms with Crippen LogP contribution in [0, 0.1) is 13.8 Å². The summed E-state index contributed by atoms with van der Waals surface area (Å²) in [4.78, 5) is 12.2. The number of ether oxygens (including phenoxy) is 2. The van der Waals surface area contributed by atoms with Crippen LogP contribution in [0.1, 0.15) is 30.5 Å². The molecule has 0 aromatic heterocycles. The molecular formula is C21H27NO3. The molecule has 25 heavy (non-hydrogen) atoms. The molecule has 0 bridgehead atoms. The molecule has 2 rings (SSSR count). The topological polar surface area (TPSA) is 47.6 Å². The smallest absolute Gasteiger partial charge is 0.260 e. The van der Waals surface area contributed by atoms with Crippen molar-refractivity contribution in [2.24, 2.45) is 0 Å². The molecule has 4 heteroatoms. The van der Waals surface area contributed by atoms with Crippen molar-refractivity contribution in [1.29, 1.82) is 0 Å². The molecule has 0 unspecified atom stereocenters. The molecule has 4 nitrogen and oxygen atoms in total. The first-order valence-corrected chi connectivity index (χ1v) is 8.73. The Morgan fingerprint density at radius 3 is 2.48 bits per heavy atom. The Bertz CT molecular complexity index is 692. The molecule has 0 aliphatic carbocycles. The molecule has 2 aromatic rings. The lowest BCUT2D eigenvalue weighted by molar-refractivity contribution is -0.127. The zero-order valence-corrected chi connectivity index (χ0v) is 15.5.